The zero-order valence-electron chi connectivity index (χ0n) is 11.0. The number of nitrogens with one attached hydrogen (secondary N) is 1. The molecule has 18 heavy (non-hydrogen) atoms. The van der Waals surface area contributed by atoms with Gasteiger partial charge in [0.25, 0.3) is 0 Å². The maximum absolute atomic E-state index is 13.6. The molecule has 0 saturated carbocycles. The molecule has 4 nitrogen and oxygen atoms in total. The van der Waals surface area contributed by atoms with Crippen molar-refractivity contribution in [2.75, 3.05) is 38.4 Å². The largest absolute Gasteiger partial charge is 0.495 e. The van der Waals surface area contributed by atoms with Crippen LogP contribution in [0.4, 0.5) is 15.8 Å². The first-order valence-electron chi connectivity index (χ1n) is 6.05. The molecule has 0 aliphatic carbocycles. The summed E-state index contributed by atoms with van der Waals surface area (Å²) in [5.74, 6) is 0.128. The normalized spacial score (nSPS) is 10.4. The second-order valence-corrected chi connectivity index (χ2v) is 4.05. The van der Waals surface area contributed by atoms with Gasteiger partial charge in [0.1, 0.15) is 11.6 Å². The van der Waals surface area contributed by atoms with Crippen LogP contribution in [0.5, 0.6) is 5.75 Å². The van der Waals surface area contributed by atoms with Gasteiger partial charge in [-0.05, 0) is 19.3 Å². The third kappa shape index (κ3) is 4.41. The monoisotopic (exact) mass is 256 g/mol. The molecule has 0 heterocycles. The zero-order chi connectivity index (χ0) is 13.4. The number of nitrogen functional groups attached to an aromatic ring is 1. The van der Waals surface area contributed by atoms with Crippen LogP contribution in [0, 0.1) is 5.82 Å². The molecule has 0 saturated heterocycles. The van der Waals surface area contributed by atoms with Gasteiger partial charge in [-0.15, -0.1) is 0 Å². The summed E-state index contributed by atoms with van der Waals surface area (Å²) in [7, 11) is 3.20. The molecule has 0 atom stereocenters. The fraction of sp³-hybridized carbons (Fsp3) is 0.538. The molecule has 0 unspecified atom stereocenters. The number of halogens is 1. The highest BCUT2D eigenvalue weighted by atomic mass is 19.1. The summed E-state index contributed by atoms with van der Waals surface area (Å²) >= 11 is 0. The van der Waals surface area contributed by atoms with Gasteiger partial charge in [-0.25, -0.2) is 4.39 Å². The molecule has 0 radical (unpaired) electrons. The minimum Gasteiger partial charge on any atom is -0.495 e. The van der Waals surface area contributed by atoms with E-state index >= 15 is 0 Å². The predicted molar refractivity (Wildman–Crippen MR) is 71.6 cm³/mol. The molecular formula is C13H21FN2O2. The van der Waals surface area contributed by atoms with Crippen molar-refractivity contribution in [1.29, 1.82) is 0 Å². The average molecular weight is 256 g/mol. The quantitative estimate of drug-likeness (QED) is 0.554. The van der Waals surface area contributed by atoms with Crippen LogP contribution in [-0.4, -0.2) is 27.4 Å². The topological polar surface area (TPSA) is 56.5 Å². The molecule has 1 aromatic rings. The van der Waals surface area contributed by atoms with Gasteiger partial charge in [0.15, 0.2) is 0 Å². The van der Waals surface area contributed by atoms with E-state index in [1.165, 1.54) is 13.2 Å². The average Bonchev–Trinajstić information content (AvgIpc) is 2.36. The molecule has 5 heteroatoms. The minimum absolute atomic E-state index is 0.306. The van der Waals surface area contributed by atoms with E-state index in [-0.39, 0.29) is 5.82 Å². The Morgan fingerprint density at radius 2 is 2.00 bits per heavy atom. The SMILES string of the molecule is COCCCCCNc1cc(OC)c(N)cc1F. The fourth-order valence-electron chi connectivity index (χ4n) is 1.65. The second kappa shape index (κ2) is 7.76. The van der Waals surface area contributed by atoms with Crippen molar-refractivity contribution in [3.05, 3.63) is 17.9 Å². The molecule has 0 amide bonds. The summed E-state index contributed by atoms with van der Waals surface area (Å²) in [5, 5.41) is 3.04. The van der Waals surface area contributed by atoms with Crippen molar-refractivity contribution in [2.45, 2.75) is 19.3 Å². The summed E-state index contributed by atoms with van der Waals surface area (Å²) in [6.07, 6.45) is 3.04. The van der Waals surface area contributed by atoms with Crippen LogP contribution in [0.3, 0.4) is 0 Å². The van der Waals surface area contributed by atoms with E-state index in [1.54, 1.807) is 13.2 Å². The van der Waals surface area contributed by atoms with Crippen LogP contribution < -0.4 is 15.8 Å². The molecule has 3 N–H and O–H groups in total. The van der Waals surface area contributed by atoms with Crippen molar-refractivity contribution in [3.8, 4) is 5.75 Å². The molecule has 0 bridgehead atoms. The molecule has 1 aromatic carbocycles. The van der Waals surface area contributed by atoms with Crippen LogP contribution in [-0.2, 0) is 4.74 Å². The first-order chi connectivity index (χ1) is 8.69. The second-order valence-electron chi connectivity index (χ2n) is 4.05. The number of rotatable bonds is 8. The fourth-order valence-corrected chi connectivity index (χ4v) is 1.65. The standard InChI is InChI=1S/C13H21FN2O2/c1-17-7-5-3-4-6-16-12-9-13(18-2)11(15)8-10(12)14/h8-9,16H,3-7,15H2,1-2H3. The van der Waals surface area contributed by atoms with Crippen LogP contribution in [0.2, 0.25) is 0 Å². The highest BCUT2D eigenvalue weighted by Crippen LogP contribution is 2.28. The third-order valence-corrected chi connectivity index (χ3v) is 2.66. The highest BCUT2D eigenvalue weighted by Gasteiger charge is 2.07. The lowest BCUT2D eigenvalue weighted by molar-refractivity contribution is 0.192. The van der Waals surface area contributed by atoms with Gasteiger partial charge in [-0.2, -0.15) is 0 Å². The van der Waals surface area contributed by atoms with Crippen molar-refractivity contribution < 1.29 is 13.9 Å². The predicted octanol–water partition coefficient (Wildman–Crippen LogP) is 2.65. The first-order valence-corrected chi connectivity index (χ1v) is 6.05. The Bertz CT molecular complexity index is 372. The summed E-state index contributed by atoms with van der Waals surface area (Å²) in [6.45, 7) is 1.48. The van der Waals surface area contributed by atoms with E-state index in [4.69, 9.17) is 15.2 Å². The van der Waals surface area contributed by atoms with Gasteiger partial charge in [0, 0.05) is 32.4 Å². The van der Waals surface area contributed by atoms with Gasteiger partial charge in [-0.1, -0.05) is 0 Å². The van der Waals surface area contributed by atoms with Crippen LogP contribution in [0.25, 0.3) is 0 Å². The smallest absolute Gasteiger partial charge is 0.148 e. The summed E-state index contributed by atoms with van der Waals surface area (Å²) in [4.78, 5) is 0. The van der Waals surface area contributed by atoms with E-state index in [0.717, 1.165) is 25.9 Å². The number of methoxy groups -OCH3 is 2. The van der Waals surface area contributed by atoms with Crippen molar-refractivity contribution >= 4 is 11.4 Å². The molecular weight excluding hydrogens is 235 g/mol. The highest BCUT2D eigenvalue weighted by molar-refractivity contribution is 5.62. The van der Waals surface area contributed by atoms with Crippen LogP contribution in [0.1, 0.15) is 19.3 Å². The number of benzene rings is 1. The van der Waals surface area contributed by atoms with E-state index in [9.17, 15) is 4.39 Å². The Morgan fingerprint density at radius 1 is 1.22 bits per heavy atom. The van der Waals surface area contributed by atoms with E-state index < -0.39 is 0 Å². The van der Waals surface area contributed by atoms with Crippen molar-refractivity contribution in [3.63, 3.8) is 0 Å². The zero-order valence-corrected chi connectivity index (χ0v) is 11.0. The van der Waals surface area contributed by atoms with E-state index in [1.807, 2.05) is 0 Å². The molecule has 0 aliphatic rings. The Hall–Kier alpha value is -1.49. The maximum atomic E-state index is 13.6. The van der Waals surface area contributed by atoms with Crippen LogP contribution in [0.15, 0.2) is 12.1 Å². The number of unbranched alkanes of at least 4 members (excludes halogenated alkanes) is 2. The van der Waals surface area contributed by atoms with E-state index in [2.05, 4.69) is 5.32 Å². The summed E-state index contributed by atoms with van der Waals surface area (Å²) < 4.78 is 23.6. The van der Waals surface area contributed by atoms with Crippen LogP contribution >= 0.6 is 0 Å². The number of hydrogen-bond acceptors (Lipinski definition) is 4. The third-order valence-electron chi connectivity index (χ3n) is 2.66. The summed E-state index contributed by atoms with van der Waals surface area (Å²) in [6, 6.07) is 2.85. The lowest BCUT2D eigenvalue weighted by atomic mass is 10.2. The molecule has 0 aliphatic heterocycles. The molecule has 0 aromatic heterocycles. The lowest BCUT2D eigenvalue weighted by Crippen LogP contribution is -2.05. The molecule has 102 valence electrons. The maximum Gasteiger partial charge on any atom is 0.148 e. The number of anilines is 2. The van der Waals surface area contributed by atoms with Gasteiger partial charge in [-0.3, -0.25) is 0 Å². The van der Waals surface area contributed by atoms with Crippen molar-refractivity contribution in [2.24, 2.45) is 0 Å². The Morgan fingerprint density at radius 3 is 2.67 bits per heavy atom. The first kappa shape index (κ1) is 14.6. The lowest BCUT2D eigenvalue weighted by Gasteiger charge is -2.11. The minimum atomic E-state index is -0.356. The molecule has 0 spiro atoms. The Kier molecular flexibility index (Phi) is 6.28. The van der Waals surface area contributed by atoms with Gasteiger partial charge < -0.3 is 20.5 Å². The number of hydrogen-bond donors (Lipinski definition) is 2. The number of nitrogens with two attached hydrogens (primary N) is 1. The molecule has 1 rings (SSSR count). The Balaban J connectivity index is 2.42. The van der Waals surface area contributed by atoms with Gasteiger partial charge in [0.05, 0.1) is 18.5 Å². The van der Waals surface area contributed by atoms with E-state index in [0.29, 0.717) is 23.7 Å². The summed E-state index contributed by atoms with van der Waals surface area (Å²) in [5.41, 5.74) is 6.33. The number of ether oxygens (including phenoxy) is 2. The van der Waals surface area contributed by atoms with Gasteiger partial charge in [0.2, 0.25) is 0 Å². The van der Waals surface area contributed by atoms with Gasteiger partial charge >= 0.3 is 0 Å². The van der Waals surface area contributed by atoms with Crippen molar-refractivity contribution in [1.82, 2.24) is 0 Å². The Labute approximate surface area is 107 Å². The molecule has 0 fully saturated rings.